The lowest BCUT2D eigenvalue weighted by atomic mass is 9.95. The van der Waals surface area contributed by atoms with Gasteiger partial charge in [-0.3, -0.25) is 9.59 Å². The number of fused-ring (bicyclic) bond motifs is 1. The maximum Gasteiger partial charge on any atom is 0.262 e. The zero-order valence-corrected chi connectivity index (χ0v) is 17.3. The molecule has 0 saturated carbocycles. The van der Waals surface area contributed by atoms with Crippen LogP contribution in [0.5, 0.6) is 5.75 Å². The predicted octanol–water partition coefficient (Wildman–Crippen LogP) is 3.67. The molecular formula is C20H23ClN2O4S. The molecule has 0 fully saturated rings. The topological polar surface area (TPSA) is 76.7 Å². The second-order valence-corrected chi connectivity index (χ2v) is 7.94. The fraction of sp³-hybridized carbons (Fsp3) is 0.400. The van der Waals surface area contributed by atoms with E-state index < -0.39 is 0 Å². The van der Waals surface area contributed by atoms with Crippen LogP contribution in [0, 0.1) is 0 Å². The second kappa shape index (κ2) is 9.91. The van der Waals surface area contributed by atoms with Crippen molar-refractivity contribution in [1.82, 2.24) is 5.32 Å². The number of nitrogens with one attached hydrogen (secondary N) is 2. The maximum atomic E-state index is 12.7. The number of halogens is 1. The Balaban J connectivity index is 1.71. The van der Waals surface area contributed by atoms with Gasteiger partial charge in [0.25, 0.3) is 11.8 Å². The van der Waals surface area contributed by atoms with E-state index in [1.54, 1.807) is 31.4 Å². The molecule has 0 radical (unpaired) electrons. The molecule has 28 heavy (non-hydrogen) atoms. The molecule has 1 heterocycles. The zero-order chi connectivity index (χ0) is 19.9. The number of rotatable bonds is 8. The number of para-hydroxylation sites is 1. The van der Waals surface area contributed by atoms with E-state index in [0.29, 0.717) is 34.5 Å². The third-order valence-electron chi connectivity index (χ3n) is 4.44. The Morgan fingerprint density at radius 1 is 1.21 bits per heavy atom. The van der Waals surface area contributed by atoms with Gasteiger partial charge in [0.1, 0.15) is 10.8 Å². The van der Waals surface area contributed by atoms with Crippen LogP contribution >= 0.6 is 22.9 Å². The second-order valence-electron chi connectivity index (χ2n) is 6.43. The number of carbonyl (C=O) groups excluding carboxylic acids is 2. The Morgan fingerprint density at radius 2 is 2.00 bits per heavy atom. The van der Waals surface area contributed by atoms with Gasteiger partial charge < -0.3 is 20.1 Å². The quantitative estimate of drug-likeness (QED) is 0.636. The number of hydrogen-bond donors (Lipinski definition) is 2. The first-order valence-corrected chi connectivity index (χ1v) is 10.4. The largest absolute Gasteiger partial charge is 0.482 e. The van der Waals surface area contributed by atoms with Gasteiger partial charge in [0.2, 0.25) is 0 Å². The Kier molecular flexibility index (Phi) is 7.30. The van der Waals surface area contributed by atoms with Gasteiger partial charge in [-0.05, 0) is 43.4 Å². The van der Waals surface area contributed by atoms with E-state index in [4.69, 9.17) is 21.1 Å². The number of methoxy groups -OCH3 is 1. The third kappa shape index (κ3) is 5.04. The average Bonchev–Trinajstić information content (AvgIpc) is 3.05. The summed E-state index contributed by atoms with van der Waals surface area (Å²) in [4.78, 5) is 26.3. The van der Waals surface area contributed by atoms with Crippen molar-refractivity contribution in [2.75, 3.05) is 32.2 Å². The highest BCUT2D eigenvalue weighted by Crippen LogP contribution is 2.38. The van der Waals surface area contributed by atoms with Gasteiger partial charge in [-0.15, -0.1) is 11.3 Å². The molecule has 1 aliphatic carbocycles. The van der Waals surface area contributed by atoms with E-state index in [2.05, 4.69) is 10.6 Å². The zero-order valence-electron chi connectivity index (χ0n) is 15.7. The molecule has 0 spiro atoms. The van der Waals surface area contributed by atoms with Gasteiger partial charge in [-0.2, -0.15) is 0 Å². The summed E-state index contributed by atoms with van der Waals surface area (Å²) in [5, 5.41) is 6.73. The number of benzene rings is 1. The van der Waals surface area contributed by atoms with Crippen molar-refractivity contribution in [3.8, 4) is 5.75 Å². The number of aryl methyl sites for hydroxylation is 1. The summed E-state index contributed by atoms with van der Waals surface area (Å²) in [7, 11) is 1.59. The normalized spacial score (nSPS) is 12.9. The molecule has 0 aliphatic heterocycles. The first-order chi connectivity index (χ1) is 13.6. The van der Waals surface area contributed by atoms with Crippen LogP contribution < -0.4 is 15.4 Å². The van der Waals surface area contributed by atoms with Gasteiger partial charge in [0.05, 0.1) is 17.2 Å². The molecule has 8 heteroatoms. The summed E-state index contributed by atoms with van der Waals surface area (Å²) in [6.07, 6.45) is 3.93. The summed E-state index contributed by atoms with van der Waals surface area (Å²) in [6.45, 7) is 0.672. The van der Waals surface area contributed by atoms with E-state index in [1.165, 1.54) is 16.2 Å². The number of ether oxygens (including phenoxy) is 2. The molecule has 2 amide bonds. The van der Waals surface area contributed by atoms with Crippen LogP contribution in [0.15, 0.2) is 24.3 Å². The van der Waals surface area contributed by atoms with E-state index in [1.807, 2.05) is 0 Å². The Bertz CT molecular complexity index is 853. The van der Waals surface area contributed by atoms with Gasteiger partial charge >= 0.3 is 0 Å². The van der Waals surface area contributed by atoms with Gasteiger partial charge in [-0.25, -0.2) is 0 Å². The van der Waals surface area contributed by atoms with E-state index >= 15 is 0 Å². The van der Waals surface area contributed by atoms with Gasteiger partial charge in [-0.1, -0.05) is 23.7 Å². The van der Waals surface area contributed by atoms with Crippen LogP contribution in [-0.2, 0) is 22.4 Å². The van der Waals surface area contributed by atoms with Crippen molar-refractivity contribution in [1.29, 1.82) is 0 Å². The lowest BCUT2D eigenvalue weighted by molar-refractivity contribution is -0.118. The Hall–Kier alpha value is -2.09. The van der Waals surface area contributed by atoms with Crippen molar-refractivity contribution >= 4 is 39.8 Å². The lowest BCUT2D eigenvalue weighted by Crippen LogP contribution is -2.29. The molecule has 2 N–H and O–H groups in total. The summed E-state index contributed by atoms with van der Waals surface area (Å²) < 4.78 is 10.5. The molecule has 3 rings (SSSR count). The highest BCUT2D eigenvalue weighted by Gasteiger charge is 2.26. The van der Waals surface area contributed by atoms with Crippen LogP contribution in [-0.4, -0.2) is 38.7 Å². The predicted molar refractivity (Wildman–Crippen MR) is 111 cm³/mol. The van der Waals surface area contributed by atoms with Gasteiger partial charge in [0.15, 0.2) is 6.61 Å². The van der Waals surface area contributed by atoms with E-state index in [-0.39, 0.29) is 18.4 Å². The average molecular weight is 423 g/mol. The fourth-order valence-electron chi connectivity index (χ4n) is 3.12. The minimum atomic E-state index is -0.329. The number of anilines is 1. The molecule has 0 saturated heterocycles. The highest BCUT2D eigenvalue weighted by atomic mass is 35.5. The van der Waals surface area contributed by atoms with E-state index in [9.17, 15) is 9.59 Å². The number of amides is 2. The van der Waals surface area contributed by atoms with Crippen molar-refractivity contribution in [2.45, 2.75) is 25.7 Å². The smallest absolute Gasteiger partial charge is 0.262 e. The van der Waals surface area contributed by atoms with Crippen LogP contribution in [0.3, 0.4) is 0 Å². The SMILES string of the molecule is COCCNC(=O)c1c(NC(=O)COc2ccccc2Cl)sc2c1CCCC2. The van der Waals surface area contributed by atoms with Crippen molar-refractivity contribution < 1.29 is 19.1 Å². The third-order valence-corrected chi connectivity index (χ3v) is 5.96. The molecule has 0 atom stereocenters. The van der Waals surface area contributed by atoms with E-state index in [0.717, 1.165) is 31.2 Å². The molecule has 2 aromatic rings. The number of hydrogen-bond acceptors (Lipinski definition) is 5. The maximum absolute atomic E-state index is 12.7. The first kappa shape index (κ1) is 20.6. The van der Waals surface area contributed by atoms with Crippen LogP contribution in [0.25, 0.3) is 0 Å². The molecule has 1 aromatic heterocycles. The van der Waals surface area contributed by atoms with Crippen molar-refractivity contribution in [3.63, 3.8) is 0 Å². The molecule has 0 unspecified atom stereocenters. The van der Waals surface area contributed by atoms with Crippen molar-refractivity contribution in [3.05, 3.63) is 45.3 Å². The molecule has 6 nitrogen and oxygen atoms in total. The monoisotopic (exact) mass is 422 g/mol. The molecule has 1 aliphatic rings. The molecule has 1 aromatic carbocycles. The fourth-order valence-corrected chi connectivity index (χ4v) is 4.61. The summed E-state index contributed by atoms with van der Waals surface area (Å²) >= 11 is 7.52. The van der Waals surface area contributed by atoms with Gasteiger partial charge in [0, 0.05) is 18.5 Å². The highest BCUT2D eigenvalue weighted by molar-refractivity contribution is 7.17. The summed E-state index contributed by atoms with van der Waals surface area (Å²) in [5.41, 5.74) is 1.62. The molecule has 150 valence electrons. The Morgan fingerprint density at radius 3 is 2.79 bits per heavy atom. The number of carbonyl (C=O) groups is 2. The summed E-state index contributed by atoms with van der Waals surface area (Å²) in [5.74, 6) is -0.0643. The minimum absolute atomic E-state index is 0.182. The summed E-state index contributed by atoms with van der Waals surface area (Å²) in [6, 6.07) is 6.98. The molecule has 0 bridgehead atoms. The minimum Gasteiger partial charge on any atom is -0.482 e. The Labute approximate surface area is 173 Å². The van der Waals surface area contributed by atoms with Crippen LogP contribution in [0.1, 0.15) is 33.6 Å². The number of thiophene rings is 1. The lowest BCUT2D eigenvalue weighted by Gasteiger charge is -2.13. The molecular weight excluding hydrogens is 400 g/mol. The first-order valence-electron chi connectivity index (χ1n) is 9.19. The van der Waals surface area contributed by atoms with Crippen LogP contribution in [0.2, 0.25) is 5.02 Å². The van der Waals surface area contributed by atoms with Crippen molar-refractivity contribution in [2.24, 2.45) is 0 Å². The van der Waals surface area contributed by atoms with Crippen LogP contribution in [0.4, 0.5) is 5.00 Å². The standard InChI is InChI=1S/C20H23ClN2O4S/c1-26-11-10-22-19(25)18-13-6-2-5-9-16(13)28-20(18)23-17(24)12-27-15-8-4-3-7-14(15)21/h3-4,7-8H,2,5-6,9-12H2,1H3,(H,22,25)(H,23,24).